The molecule has 0 fully saturated rings. The van der Waals surface area contributed by atoms with Crippen LogP contribution < -0.4 is 10.6 Å². The van der Waals surface area contributed by atoms with Crippen molar-refractivity contribution in [3.63, 3.8) is 0 Å². The number of carbonyl (C=O) groups excluding carboxylic acids is 2. The van der Waals surface area contributed by atoms with Crippen molar-refractivity contribution in [2.45, 2.75) is 45.8 Å². The Balaban J connectivity index is 1.50. The maximum atomic E-state index is 12.5. The minimum atomic E-state index is -0.256. The van der Waals surface area contributed by atoms with Crippen LogP contribution in [0.1, 0.15) is 61.8 Å². The van der Waals surface area contributed by atoms with Gasteiger partial charge in [-0.2, -0.15) is 0 Å². The Hall–Kier alpha value is -2.40. The average molecular weight is 324 g/mol. The molecular weight excluding hydrogens is 304 g/mol. The summed E-state index contributed by atoms with van der Waals surface area (Å²) < 4.78 is 5.69. The van der Waals surface area contributed by atoms with Gasteiger partial charge in [0.05, 0.1) is 5.56 Å². The van der Waals surface area contributed by atoms with Crippen molar-refractivity contribution < 1.29 is 14.0 Å². The fraction of sp³-hybridized carbons (Fsp3) is 0.368. The molecule has 124 valence electrons. The van der Waals surface area contributed by atoms with Crippen LogP contribution in [-0.4, -0.2) is 11.7 Å². The highest BCUT2D eigenvalue weighted by molar-refractivity contribution is 6.03. The first kappa shape index (κ1) is 15.1. The molecule has 1 aliphatic carbocycles. The van der Waals surface area contributed by atoms with Gasteiger partial charge in [0.1, 0.15) is 5.76 Å². The van der Waals surface area contributed by atoms with E-state index in [4.69, 9.17) is 4.42 Å². The average Bonchev–Trinajstić information content (AvgIpc) is 3.17. The third-order valence-corrected chi connectivity index (χ3v) is 4.87. The molecule has 0 atom stereocenters. The van der Waals surface area contributed by atoms with E-state index in [0.717, 1.165) is 31.5 Å². The maximum Gasteiger partial charge on any atom is 0.287 e. The van der Waals surface area contributed by atoms with E-state index >= 15 is 0 Å². The highest BCUT2D eigenvalue weighted by Gasteiger charge is 2.28. The Kier molecular flexibility index (Phi) is 3.73. The smallest absolute Gasteiger partial charge is 0.287 e. The van der Waals surface area contributed by atoms with Crippen molar-refractivity contribution in [3.05, 3.63) is 57.5 Å². The minimum absolute atomic E-state index is 0.0858. The Bertz CT molecular complexity index is 835. The monoisotopic (exact) mass is 324 g/mol. The number of Topliss-reactive ketones (excluding diaryl/α,β-unsaturated/α-hetero) is 1. The molecule has 0 bridgehead atoms. The van der Waals surface area contributed by atoms with Gasteiger partial charge in [0.2, 0.25) is 0 Å². The lowest BCUT2D eigenvalue weighted by atomic mass is 9.94. The number of fused-ring (bicyclic) bond motifs is 2. The number of benzene rings is 1. The fourth-order valence-corrected chi connectivity index (χ4v) is 3.59. The molecular formula is C19H20N2O3. The van der Waals surface area contributed by atoms with Gasteiger partial charge in [-0.1, -0.05) is 18.2 Å². The highest BCUT2D eigenvalue weighted by atomic mass is 16.4. The minimum Gasteiger partial charge on any atom is -0.455 e. The molecule has 0 unspecified atom stereocenters. The number of rotatable bonds is 3. The third kappa shape index (κ3) is 2.55. The van der Waals surface area contributed by atoms with Gasteiger partial charge in [-0.15, -0.1) is 0 Å². The zero-order valence-electron chi connectivity index (χ0n) is 13.7. The maximum absolute atomic E-state index is 12.5. The van der Waals surface area contributed by atoms with Crippen LogP contribution in [0.15, 0.2) is 22.6 Å². The summed E-state index contributed by atoms with van der Waals surface area (Å²) in [6.45, 7) is 4.03. The van der Waals surface area contributed by atoms with Gasteiger partial charge < -0.3 is 15.1 Å². The molecule has 1 aromatic heterocycles. The SMILES string of the molecule is Cc1c(C(=O)NCc2ccc3c(c2)CNC3)oc2c1C(=O)CCC2. The van der Waals surface area contributed by atoms with Crippen molar-refractivity contribution in [2.75, 3.05) is 0 Å². The number of hydrogen-bond acceptors (Lipinski definition) is 4. The number of aryl methyl sites for hydroxylation is 1. The van der Waals surface area contributed by atoms with E-state index in [0.29, 0.717) is 29.9 Å². The lowest BCUT2D eigenvalue weighted by Crippen LogP contribution is -2.23. The quantitative estimate of drug-likeness (QED) is 0.910. The molecule has 0 saturated carbocycles. The van der Waals surface area contributed by atoms with Crippen LogP contribution in [0.4, 0.5) is 0 Å². The van der Waals surface area contributed by atoms with Crippen molar-refractivity contribution in [3.8, 4) is 0 Å². The van der Waals surface area contributed by atoms with Gasteiger partial charge in [0.25, 0.3) is 5.91 Å². The van der Waals surface area contributed by atoms with E-state index in [2.05, 4.69) is 22.8 Å². The number of carbonyl (C=O) groups is 2. The van der Waals surface area contributed by atoms with E-state index in [1.807, 2.05) is 6.07 Å². The summed E-state index contributed by atoms with van der Waals surface area (Å²) in [6.07, 6.45) is 2.06. The van der Waals surface area contributed by atoms with Crippen molar-refractivity contribution in [1.82, 2.24) is 10.6 Å². The largest absolute Gasteiger partial charge is 0.455 e. The molecule has 0 spiro atoms. The highest BCUT2D eigenvalue weighted by Crippen LogP contribution is 2.29. The zero-order valence-corrected chi connectivity index (χ0v) is 13.7. The van der Waals surface area contributed by atoms with E-state index < -0.39 is 0 Å². The van der Waals surface area contributed by atoms with E-state index in [1.54, 1.807) is 6.92 Å². The van der Waals surface area contributed by atoms with Gasteiger partial charge in [-0.25, -0.2) is 0 Å². The van der Waals surface area contributed by atoms with Crippen LogP contribution in [0.3, 0.4) is 0 Å². The summed E-state index contributed by atoms with van der Waals surface area (Å²) in [5, 5.41) is 6.22. The first-order valence-electron chi connectivity index (χ1n) is 8.38. The molecule has 5 nitrogen and oxygen atoms in total. The lowest BCUT2D eigenvalue weighted by molar-refractivity contribution is 0.0917. The molecule has 4 rings (SSSR count). The normalized spacial score (nSPS) is 16.0. The number of nitrogens with one attached hydrogen (secondary N) is 2. The lowest BCUT2D eigenvalue weighted by Gasteiger charge is -2.07. The zero-order chi connectivity index (χ0) is 16.7. The van der Waals surface area contributed by atoms with Crippen LogP contribution in [0.5, 0.6) is 0 Å². The van der Waals surface area contributed by atoms with Gasteiger partial charge in [0, 0.05) is 38.0 Å². The Labute approximate surface area is 140 Å². The van der Waals surface area contributed by atoms with Crippen LogP contribution in [0.2, 0.25) is 0 Å². The van der Waals surface area contributed by atoms with E-state index in [-0.39, 0.29) is 17.5 Å². The standard InChI is InChI=1S/C19H20N2O3/c1-11-17-15(22)3-2-4-16(17)24-18(11)19(23)21-8-12-5-6-13-9-20-10-14(13)7-12/h5-7,20H,2-4,8-10H2,1H3,(H,21,23). The second-order valence-electron chi connectivity index (χ2n) is 6.52. The van der Waals surface area contributed by atoms with Crippen LogP contribution in [0.25, 0.3) is 0 Å². The van der Waals surface area contributed by atoms with Gasteiger partial charge in [-0.05, 0) is 30.0 Å². The van der Waals surface area contributed by atoms with Gasteiger partial charge in [-0.3, -0.25) is 9.59 Å². The summed E-state index contributed by atoms with van der Waals surface area (Å²) in [5.41, 5.74) is 4.96. The second-order valence-corrected chi connectivity index (χ2v) is 6.52. The third-order valence-electron chi connectivity index (χ3n) is 4.87. The predicted molar refractivity (Wildman–Crippen MR) is 88.9 cm³/mol. The van der Waals surface area contributed by atoms with Crippen molar-refractivity contribution in [1.29, 1.82) is 0 Å². The number of ketones is 1. The van der Waals surface area contributed by atoms with Crippen molar-refractivity contribution in [2.24, 2.45) is 0 Å². The first-order chi connectivity index (χ1) is 11.6. The summed E-state index contributed by atoms with van der Waals surface area (Å²) in [7, 11) is 0. The molecule has 24 heavy (non-hydrogen) atoms. The number of amides is 1. The molecule has 1 aliphatic heterocycles. The summed E-state index contributed by atoms with van der Waals surface area (Å²) in [4.78, 5) is 24.5. The molecule has 0 saturated heterocycles. The molecule has 1 aromatic carbocycles. The Morgan fingerprint density at radius 2 is 2.08 bits per heavy atom. The molecule has 0 radical (unpaired) electrons. The number of furan rings is 1. The second kappa shape index (κ2) is 5.91. The van der Waals surface area contributed by atoms with E-state index in [9.17, 15) is 9.59 Å². The Morgan fingerprint density at radius 1 is 1.25 bits per heavy atom. The molecule has 2 aliphatic rings. The molecule has 2 N–H and O–H groups in total. The molecule has 1 amide bonds. The van der Waals surface area contributed by atoms with E-state index in [1.165, 1.54) is 11.1 Å². The Morgan fingerprint density at radius 3 is 2.92 bits per heavy atom. The molecule has 2 heterocycles. The van der Waals surface area contributed by atoms with Gasteiger partial charge in [0.15, 0.2) is 11.5 Å². The summed E-state index contributed by atoms with van der Waals surface area (Å²) in [5.74, 6) is 0.770. The predicted octanol–water partition coefficient (Wildman–Crippen LogP) is 2.64. The van der Waals surface area contributed by atoms with Gasteiger partial charge >= 0.3 is 0 Å². The number of hydrogen-bond donors (Lipinski definition) is 2. The van der Waals surface area contributed by atoms with Crippen LogP contribution in [0, 0.1) is 6.92 Å². The first-order valence-corrected chi connectivity index (χ1v) is 8.38. The summed E-state index contributed by atoms with van der Waals surface area (Å²) in [6, 6.07) is 6.27. The summed E-state index contributed by atoms with van der Waals surface area (Å²) >= 11 is 0. The fourth-order valence-electron chi connectivity index (χ4n) is 3.59. The molecule has 2 aromatic rings. The van der Waals surface area contributed by atoms with Crippen molar-refractivity contribution >= 4 is 11.7 Å². The topological polar surface area (TPSA) is 71.3 Å². The van der Waals surface area contributed by atoms with Crippen LogP contribution in [-0.2, 0) is 26.1 Å². The van der Waals surface area contributed by atoms with Crippen LogP contribution >= 0.6 is 0 Å². The molecule has 5 heteroatoms.